The molecule has 1 aliphatic rings. The molecule has 0 amide bonds. The molecule has 0 aromatic heterocycles. The molecule has 2 aromatic rings. The van der Waals surface area contributed by atoms with Gasteiger partial charge in [-0.05, 0) is 30.2 Å². The van der Waals surface area contributed by atoms with Crippen LogP contribution in [0.1, 0.15) is 24.8 Å². The summed E-state index contributed by atoms with van der Waals surface area (Å²) in [7, 11) is -1.65. The van der Waals surface area contributed by atoms with Gasteiger partial charge in [0.15, 0.2) is 17.4 Å². The first-order valence-electron chi connectivity index (χ1n) is 8.68. The Kier molecular flexibility index (Phi) is 6.23. The number of carbonyl (C=O) groups is 2. The van der Waals surface area contributed by atoms with E-state index in [2.05, 4.69) is 0 Å². The Labute approximate surface area is 159 Å². The second-order valence-corrected chi connectivity index (χ2v) is 6.17. The molecule has 28 heavy (non-hydrogen) atoms. The highest BCUT2D eigenvalue weighted by molar-refractivity contribution is 6.64. The molecule has 1 aliphatic heterocycles. The zero-order valence-electron chi connectivity index (χ0n) is 14.8. The number of ether oxygens (including phenoxy) is 1. The van der Waals surface area contributed by atoms with Crippen LogP contribution in [0.3, 0.4) is 0 Å². The van der Waals surface area contributed by atoms with Crippen molar-refractivity contribution in [2.75, 3.05) is 6.61 Å². The van der Waals surface area contributed by atoms with E-state index < -0.39 is 36.2 Å². The van der Waals surface area contributed by atoms with Gasteiger partial charge in [0.05, 0.1) is 12.1 Å². The van der Waals surface area contributed by atoms with Crippen molar-refractivity contribution < 1.29 is 36.8 Å². The fourth-order valence-electron chi connectivity index (χ4n) is 2.65. The van der Waals surface area contributed by atoms with Crippen LogP contribution in [0.15, 0.2) is 36.4 Å². The van der Waals surface area contributed by atoms with Crippen LogP contribution in [-0.4, -0.2) is 25.7 Å². The molecular weight excluding hydrogens is 376 g/mol. The molecule has 1 saturated heterocycles. The van der Waals surface area contributed by atoms with E-state index in [0.717, 1.165) is 11.6 Å². The largest absolute Gasteiger partial charge is 0.639 e. The maximum absolute atomic E-state index is 14.5. The fraction of sp³-hybridized carbons (Fsp3) is 0.263. The van der Waals surface area contributed by atoms with Crippen LogP contribution >= 0.6 is 0 Å². The van der Waals surface area contributed by atoms with E-state index in [1.165, 1.54) is 18.2 Å². The van der Waals surface area contributed by atoms with Gasteiger partial charge in [-0.3, -0.25) is 9.59 Å². The normalized spacial score (nSPS) is 14.8. The maximum atomic E-state index is 14.5. The third kappa shape index (κ3) is 4.85. The first-order chi connectivity index (χ1) is 13.4. The molecule has 0 aliphatic carbocycles. The van der Waals surface area contributed by atoms with E-state index >= 15 is 0 Å². The summed E-state index contributed by atoms with van der Waals surface area (Å²) in [5, 5.41) is 0. The molecule has 0 radical (unpaired) electrons. The third-order valence-corrected chi connectivity index (χ3v) is 4.13. The van der Waals surface area contributed by atoms with Gasteiger partial charge in [-0.1, -0.05) is 18.2 Å². The summed E-state index contributed by atoms with van der Waals surface area (Å²) < 4.78 is 56.7. The van der Waals surface area contributed by atoms with E-state index in [1.54, 1.807) is 12.1 Å². The lowest BCUT2D eigenvalue weighted by molar-refractivity contribution is -0.142. The number of hydrogen-bond donors (Lipinski definition) is 0. The number of rotatable bonds is 5. The Hall–Kier alpha value is -2.97. The quantitative estimate of drug-likeness (QED) is 0.733. The lowest BCUT2D eigenvalue weighted by Gasteiger charge is -2.18. The van der Waals surface area contributed by atoms with Crippen molar-refractivity contribution >= 4 is 24.5 Å². The minimum atomic E-state index is -1.65. The molecule has 3 rings (SSSR count). The zero-order chi connectivity index (χ0) is 20.1. The predicted molar refractivity (Wildman–Crippen MR) is 93.4 cm³/mol. The molecular formula is C19H16BF3O5. The van der Waals surface area contributed by atoms with Gasteiger partial charge >= 0.3 is 7.12 Å². The Morgan fingerprint density at radius 1 is 0.893 bits per heavy atom. The molecule has 2 aromatic carbocycles. The summed E-state index contributed by atoms with van der Waals surface area (Å²) in [6.07, 6.45) is 0.601. The fourth-order valence-corrected chi connectivity index (χ4v) is 2.65. The average Bonchev–Trinajstić information content (AvgIpc) is 2.65. The first-order valence-corrected chi connectivity index (χ1v) is 8.68. The van der Waals surface area contributed by atoms with Crippen molar-refractivity contribution in [3.05, 3.63) is 59.4 Å². The van der Waals surface area contributed by atoms with E-state index in [-0.39, 0.29) is 37.4 Å². The zero-order valence-corrected chi connectivity index (χ0v) is 14.8. The summed E-state index contributed by atoms with van der Waals surface area (Å²) >= 11 is 0. The minimum Gasteiger partial charge on any atom is -0.495 e. The second kappa shape index (κ2) is 8.82. The van der Waals surface area contributed by atoms with Crippen molar-refractivity contribution in [3.8, 4) is 5.75 Å². The lowest BCUT2D eigenvalue weighted by atomic mass is 9.77. The molecule has 9 heteroatoms. The Morgan fingerprint density at radius 3 is 2.18 bits per heavy atom. The molecule has 1 heterocycles. The third-order valence-electron chi connectivity index (χ3n) is 4.13. The van der Waals surface area contributed by atoms with Gasteiger partial charge in [-0.15, -0.1) is 0 Å². The van der Waals surface area contributed by atoms with Gasteiger partial charge in [-0.2, -0.15) is 4.39 Å². The average molecular weight is 392 g/mol. The van der Waals surface area contributed by atoms with Crippen LogP contribution in [0, 0.1) is 17.5 Å². The standard InChI is InChI=1S/C19H16BF3O5/c21-13-6-4-12(5-7-13)10-11-26-15-9-8-14(18(22)19(15)23)20-27-16(24)2-1-3-17(25)28-20/h4-9H,1-3,10-11H2. The molecule has 0 spiro atoms. The smallest absolute Gasteiger partial charge is 0.495 e. The van der Waals surface area contributed by atoms with Crippen molar-refractivity contribution in [2.24, 2.45) is 0 Å². The summed E-state index contributed by atoms with van der Waals surface area (Å²) in [6, 6.07) is 8.02. The molecule has 146 valence electrons. The predicted octanol–water partition coefficient (Wildman–Crippen LogP) is 2.69. The first kappa shape index (κ1) is 19.8. The highest BCUT2D eigenvalue weighted by Gasteiger charge is 2.36. The molecule has 1 fully saturated rings. The summed E-state index contributed by atoms with van der Waals surface area (Å²) in [4.78, 5) is 23.2. The van der Waals surface area contributed by atoms with Gasteiger partial charge in [-0.25, -0.2) is 8.78 Å². The maximum Gasteiger partial charge on any atom is 0.639 e. The van der Waals surface area contributed by atoms with Gasteiger partial charge in [0.1, 0.15) is 5.82 Å². The van der Waals surface area contributed by atoms with E-state index in [1.807, 2.05) is 0 Å². The Bertz CT molecular complexity index is 855. The second-order valence-electron chi connectivity index (χ2n) is 6.17. The molecule has 0 N–H and O–H groups in total. The van der Waals surface area contributed by atoms with Gasteiger partial charge in [0.25, 0.3) is 11.9 Å². The number of carbonyl (C=O) groups excluding carboxylic acids is 2. The SMILES string of the molecule is O=C1CCCC(=O)OB(c2ccc(OCCc3ccc(F)cc3)c(F)c2F)O1. The molecule has 0 unspecified atom stereocenters. The van der Waals surface area contributed by atoms with Crippen LogP contribution in [0.25, 0.3) is 0 Å². The van der Waals surface area contributed by atoms with Crippen molar-refractivity contribution in [2.45, 2.75) is 25.7 Å². The van der Waals surface area contributed by atoms with Crippen molar-refractivity contribution in [1.29, 1.82) is 0 Å². The summed E-state index contributed by atoms with van der Waals surface area (Å²) in [6.45, 7) is 0.0364. The lowest BCUT2D eigenvalue weighted by Crippen LogP contribution is -2.43. The topological polar surface area (TPSA) is 61.8 Å². The van der Waals surface area contributed by atoms with Crippen molar-refractivity contribution in [1.82, 2.24) is 0 Å². The highest BCUT2D eigenvalue weighted by Crippen LogP contribution is 2.20. The van der Waals surface area contributed by atoms with E-state index in [4.69, 9.17) is 14.0 Å². The summed E-state index contributed by atoms with van der Waals surface area (Å²) in [5.74, 6) is -4.67. The van der Waals surface area contributed by atoms with Gasteiger partial charge in [0, 0.05) is 19.3 Å². The van der Waals surface area contributed by atoms with Crippen LogP contribution in [-0.2, 0) is 25.3 Å². The Morgan fingerprint density at radius 2 is 1.54 bits per heavy atom. The highest BCUT2D eigenvalue weighted by atomic mass is 19.2. The van der Waals surface area contributed by atoms with Crippen molar-refractivity contribution in [3.63, 3.8) is 0 Å². The molecule has 0 saturated carbocycles. The van der Waals surface area contributed by atoms with E-state index in [9.17, 15) is 22.8 Å². The monoisotopic (exact) mass is 392 g/mol. The minimum absolute atomic E-state index is 0.0136. The Balaban J connectivity index is 1.70. The number of benzene rings is 2. The van der Waals surface area contributed by atoms with Crippen LogP contribution in [0.5, 0.6) is 5.75 Å². The molecule has 5 nitrogen and oxygen atoms in total. The van der Waals surface area contributed by atoms with E-state index in [0.29, 0.717) is 6.42 Å². The van der Waals surface area contributed by atoms with Crippen LogP contribution < -0.4 is 10.2 Å². The van der Waals surface area contributed by atoms with Crippen LogP contribution in [0.4, 0.5) is 13.2 Å². The van der Waals surface area contributed by atoms with Crippen LogP contribution in [0.2, 0.25) is 0 Å². The van der Waals surface area contributed by atoms with Gasteiger partial charge in [0.2, 0.25) is 0 Å². The number of hydrogen-bond acceptors (Lipinski definition) is 5. The summed E-state index contributed by atoms with van der Waals surface area (Å²) in [5.41, 5.74) is 0.360. The molecule has 0 atom stereocenters. The number of halogens is 3. The molecule has 0 bridgehead atoms. The van der Waals surface area contributed by atoms with Gasteiger partial charge < -0.3 is 14.0 Å².